The number of nitrogens with one attached hydrogen (secondary N) is 1. The highest BCUT2D eigenvalue weighted by atomic mass is 16.5. The summed E-state index contributed by atoms with van der Waals surface area (Å²) >= 11 is 0. The van der Waals surface area contributed by atoms with Crippen LogP contribution in [-0.4, -0.2) is 15.4 Å². The van der Waals surface area contributed by atoms with Crippen LogP contribution < -0.4 is 0 Å². The van der Waals surface area contributed by atoms with Gasteiger partial charge < -0.3 is 4.52 Å². The van der Waals surface area contributed by atoms with E-state index in [1.807, 2.05) is 24.3 Å². The molecule has 0 fully saturated rings. The van der Waals surface area contributed by atoms with Crippen molar-refractivity contribution in [1.29, 1.82) is 0 Å². The number of fused-ring (bicyclic) bond motifs is 1. The van der Waals surface area contributed by atoms with Gasteiger partial charge in [0.15, 0.2) is 5.76 Å². The summed E-state index contributed by atoms with van der Waals surface area (Å²) in [7, 11) is 0. The SMILES string of the molecule is c1cc(-c2ccc3[nH]ncc3c2)on1. The minimum atomic E-state index is 0.771. The van der Waals surface area contributed by atoms with Crippen LogP contribution >= 0.6 is 0 Å². The van der Waals surface area contributed by atoms with Crippen molar-refractivity contribution in [3.8, 4) is 11.3 Å². The molecule has 4 heteroatoms. The fraction of sp³-hybridized carbons (Fsp3) is 0. The molecule has 0 aliphatic carbocycles. The molecule has 0 saturated heterocycles. The molecule has 1 aromatic carbocycles. The predicted molar refractivity (Wildman–Crippen MR) is 51.6 cm³/mol. The van der Waals surface area contributed by atoms with Crippen LogP contribution in [0.15, 0.2) is 41.2 Å². The second-order valence-electron chi connectivity index (χ2n) is 3.05. The number of aromatic nitrogens is 3. The summed E-state index contributed by atoms with van der Waals surface area (Å²) in [5.74, 6) is 0.771. The summed E-state index contributed by atoms with van der Waals surface area (Å²) < 4.78 is 5.06. The predicted octanol–water partition coefficient (Wildman–Crippen LogP) is 2.22. The van der Waals surface area contributed by atoms with Crippen molar-refractivity contribution < 1.29 is 4.52 Å². The lowest BCUT2D eigenvalue weighted by atomic mass is 10.1. The van der Waals surface area contributed by atoms with Gasteiger partial charge in [-0.3, -0.25) is 5.10 Å². The molecule has 0 aliphatic rings. The maximum atomic E-state index is 5.06. The van der Waals surface area contributed by atoms with Gasteiger partial charge in [-0.25, -0.2) is 0 Å². The molecule has 68 valence electrons. The first kappa shape index (κ1) is 7.32. The average molecular weight is 185 g/mol. The van der Waals surface area contributed by atoms with Gasteiger partial charge in [-0.2, -0.15) is 5.10 Å². The second kappa shape index (κ2) is 2.70. The molecule has 0 atom stereocenters. The third kappa shape index (κ3) is 1.01. The molecular formula is C10H7N3O. The molecule has 2 heterocycles. The highest BCUT2D eigenvalue weighted by Gasteiger charge is 2.03. The summed E-state index contributed by atoms with van der Waals surface area (Å²) in [5.41, 5.74) is 2.03. The minimum absolute atomic E-state index is 0.771. The zero-order valence-electron chi connectivity index (χ0n) is 7.27. The number of rotatable bonds is 1. The summed E-state index contributed by atoms with van der Waals surface area (Å²) in [5, 5.41) is 11.6. The number of aromatic amines is 1. The van der Waals surface area contributed by atoms with E-state index in [2.05, 4.69) is 15.4 Å². The lowest BCUT2D eigenvalue weighted by molar-refractivity contribution is 0.432. The fourth-order valence-corrected chi connectivity index (χ4v) is 1.46. The first-order chi connectivity index (χ1) is 6.93. The van der Waals surface area contributed by atoms with Crippen LogP contribution in [-0.2, 0) is 0 Å². The van der Waals surface area contributed by atoms with Crippen LogP contribution in [0.4, 0.5) is 0 Å². The molecule has 3 rings (SSSR count). The van der Waals surface area contributed by atoms with E-state index < -0.39 is 0 Å². The van der Waals surface area contributed by atoms with E-state index in [1.165, 1.54) is 0 Å². The zero-order chi connectivity index (χ0) is 9.38. The van der Waals surface area contributed by atoms with E-state index in [-0.39, 0.29) is 0 Å². The summed E-state index contributed by atoms with van der Waals surface area (Å²) in [6.45, 7) is 0. The van der Waals surface area contributed by atoms with Gasteiger partial charge in [0.1, 0.15) is 0 Å². The molecular weight excluding hydrogens is 178 g/mol. The van der Waals surface area contributed by atoms with Crippen LogP contribution in [0.3, 0.4) is 0 Å². The number of hydrogen-bond acceptors (Lipinski definition) is 3. The smallest absolute Gasteiger partial charge is 0.166 e. The lowest BCUT2D eigenvalue weighted by Crippen LogP contribution is -1.73. The fourth-order valence-electron chi connectivity index (χ4n) is 1.46. The van der Waals surface area contributed by atoms with Crippen LogP contribution in [0, 0.1) is 0 Å². The molecule has 1 N–H and O–H groups in total. The Hall–Kier alpha value is -2.10. The van der Waals surface area contributed by atoms with Gasteiger partial charge in [-0.05, 0) is 18.2 Å². The highest BCUT2D eigenvalue weighted by molar-refractivity contribution is 5.82. The summed E-state index contributed by atoms with van der Waals surface area (Å²) in [6.07, 6.45) is 3.42. The van der Waals surface area contributed by atoms with Gasteiger partial charge in [0.25, 0.3) is 0 Å². The Morgan fingerprint density at radius 3 is 3.07 bits per heavy atom. The van der Waals surface area contributed by atoms with E-state index in [0.717, 1.165) is 22.2 Å². The Morgan fingerprint density at radius 2 is 2.21 bits per heavy atom. The van der Waals surface area contributed by atoms with Crippen molar-refractivity contribution in [2.45, 2.75) is 0 Å². The van der Waals surface area contributed by atoms with Gasteiger partial charge in [0.2, 0.25) is 0 Å². The van der Waals surface area contributed by atoms with E-state index in [4.69, 9.17) is 4.52 Å². The van der Waals surface area contributed by atoms with Gasteiger partial charge in [-0.1, -0.05) is 5.16 Å². The highest BCUT2D eigenvalue weighted by Crippen LogP contribution is 2.22. The maximum absolute atomic E-state index is 5.06. The minimum Gasteiger partial charge on any atom is -0.356 e. The topological polar surface area (TPSA) is 54.7 Å². The van der Waals surface area contributed by atoms with Crippen molar-refractivity contribution in [2.24, 2.45) is 0 Å². The van der Waals surface area contributed by atoms with Crippen LogP contribution in [0.1, 0.15) is 0 Å². The molecule has 0 saturated carbocycles. The number of H-pyrrole nitrogens is 1. The molecule has 0 amide bonds. The molecule has 4 nitrogen and oxygen atoms in total. The van der Waals surface area contributed by atoms with Crippen LogP contribution in [0.2, 0.25) is 0 Å². The third-order valence-corrected chi connectivity index (χ3v) is 2.16. The first-order valence-electron chi connectivity index (χ1n) is 4.28. The lowest BCUT2D eigenvalue weighted by Gasteiger charge is -1.94. The van der Waals surface area contributed by atoms with Gasteiger partial charge in [0, 0.05) is 17.0 Å². The zero-order valence-corrected chi connectivity index (χ0v) is 7.27. The van der Waals surface area contributed by atoms with E-state index >= 15 is 0 Å². The van der Waals surface area contributed by atoms with Crippen molar-refractivity contribution in [1.82, 2.24) is 15.4 Å². The quantitative estimate of drug-likeness (QED) is 0.632. The normalized spacial score (nSPS) is 10.9. The van der Waals surface area contributed by atoms with Gasteiger partial charge >= 0.3 is 0 Å². The van der Waals surface area contributed by atoms with Crippen molar-refractivity contribution in [3.63, 3.8) is 0 Å². The summed E-state index contributed by atoms with van der Waals surface area (Å²) in [4.78, 5) is 0. The van der Waals surface area contributed by atoms with Crippen LogP contribution in [0.25, 0.3) is 22.2 Å². The molecule has 0 unspecified atom stereocenters. The van der Waals surface area contributed by atoms with E-state index in [1.54, 1.807) is 12.4 Å². The van der Waals surface area contributed by atoms with Crippen molar-refractivity contribution in [2.75, 3.05) is 0 Å². The molecule has 3 aromatic rings. The largest absolute Gasteiger partial charge is 0.356 e. The number of hydrogen-bond donors (Lipinski definition) is 1. The monoisotopic (exact) mass is 185 g/mol. The molecule has 0 aliphatic heterocycles. The first-order valence-corrected chi connectivity index (χ1v) is 4.28. The van der Waals surface area contributed by atoms with Gasteiger partial charge in [-0.15, -0.1) is 0 Å². The average Bonchev–Trinajstić information content (AvgIpc) is 2.88. The second-order valence-corrected chi connectivity index (χ2v) is 3.05. The standard InChI is InChI=1S/C10H7N3O/c1-2-9-8(6-11-13-9)5-7(1)10-3-4-12-14-10/h1-6H,(H,11,13). The molecule has 0 bridgehead atoms. The molecule has 14 heavy (non-hydrogen) atoms. The Labute approximate surface area is 79.5 Å². The number of benzene rings is 1. The van der Waals surface area contributed by atoms with Crippen molar-refractivity contribution in [3.05, 3.63) is 36.7 Å². The van der Waals surface area contributed by atoms with Crippen LogP contribution in [0.5, 0.6) is 0 Å². The molecule has 0 radical (unpaired) electrons. The van der Waals surface area contributed by atoms with Crippen molar-refractivity contribution >= 4 is 10.9 Å². The van der Waals surface area contributed by atoms with E-state index in [9.17, 15) is 0 Å². The Bertz CT molecular complexity index is 554. The number of nitrogens with zero attached hydrogens (tertiary/aromatic N) is 2. The molecule has 2 aromatic heterocycles. The van der Waals surface area contributed by atoms with Gasteiger partial charge in [0.05, 0.1) is 17.9 Å². The molecule has 0 spiro atoms. The van der Waals surface area contributed by atoms with E-state index in [0.29, 0.717) is 0 Å². The third-order valence-electron chi connectivity index (χ3n) is 2.16. The maximum Gasteiger partial charge on any atom is 0.166 e. The Balaban J connectivity index is 2.23. The Kier molecular flexibility index (Phi) is 1.41. The summed E-state index contributed by atoms with van der Waals surface area (Å²) in [6, 6.07) is 7.79. The Morgan fingerprint density at radius 1 is 1.21 bits per heavy atom.